The molecule has 0 bridgehead atoms. The zero-order valence-electron chi connectivity index (χ0n) is 18.4. The van der Waals surface area contributed by atoms with E-state index in [2.05, 4.69) is 4.98 Å². The molecule has 1 aliphatic rings. The van der Waals surface area contributed by atoms with Crippen LogP contribution in [0.4, 0.5) is 4.39 Å². The first-order valence-corrected chi connectivity index (χ1v) is 10.9. The number of ether oxygens (including phenoxy) is 1. The summed E-state index contributed by atoms with van der Waals surface area (Å²) in [5.74, 6) is -0.871. The van der Waals surface area contributed by atoms with Crippen molar-refractivity contribution in [3.8, 4) is 22.6 Å². The Morgan fingerprint density at radius 3 is 2.62 bits per heavy atom. The number of hydrogen-bond donors (Lipinski definition) is 1. The first kappa shape index (κ1) is 21.6. The van der Waals surface area contributed by atoms with E-state index in [1.165, 1.54) is 12.1 Å². The number of para-hydroxylation sites is 1. The summed E-state index contributed by atoms with van der Waals surface area (Å²) in [7, 11) is 0. The van der Waals surface area contributed by atoms with Gasteiger partial charge in [-0.15, -0.1) is 0 Å². The van der Waals surface area contributed by atoms with Gasteiger partial charge < -0.3 is 14.7 Å². The van der Waals surface area contributed by atoms with Crippen molar-refractivity contribution in [2.45, 2.75) is 26.4 Å². The molecule has 0 saturated carbocycles. The number of aromatic hydroxyl groups is 1. The minimum Gasteiger partial charge on any atom is -0.505 e. The van der Waals surface area contributed by atoms with Gasteiger partial charge >= 0.3 is 5.97 Å². The zero-order valence-corrected chi connectivity index (χ0v) is 18.4. The van der Waals surface area contributed by atoms with Crippen LogP contribution in [-0.4, -0.2) is 26.9 Å². The molecule has 7 heteroatoms. The molecule has 170 valence electrons. The Bertz CT molecular complexity index is 1430. The molecular formula is C27H21FN2O4. The lowest BCUT2D eigenvalue weighted by atomic mass is 9.91. The van der Waals surface area contributed by atoms with Gasteiger partial charge in [0, 0.05) is 42.2 Å². The number of rotatable bonds is 5. The molecule has 3 aromatic carbocycles. The Labute approximate surface area is 195 Å². The minimum absolute atomic E-state index is 0.177. The highest BCUT2D eigenvalue weighted by Crippen LogP contribution is 2.46. The third kappa shape index (κ3) is 3.65. The molecule has 0 unspecified atom stereocenters. The van der Waals surface area contributed by atoms with Crippen LogP contribution in [0.3, 0.4) is 0 Å². The second-order valence-corrected chi connectivity index (χ2v) is 8.09. The number of halogens is 1. The molecule has 1 aliphatic heterocycles. The SMILES string of the molecule is CCC(=O)Oc1ccccc1-c1c2c(c(O)c3ncccc13)C(=O)N(Cc1ccc(F)cc1)C2. The fourth-order valence-corrected chi connectivity index (χ4v) is 4.36. The van der Waals surface area contributed by atoms with Gasteiger partial charge in [-0.3, -0.25) is 14.6 Å². The Balaban J connectivity index is 1.69. The summed E-state index contributed by atoms with van der Waals surface area (Å²) in [4.78, 5) is 31.4. The maximum atomic E-state index is 13.4. The van der Waals surface area contributed by atoms with E-state index >= 15 is 0 Å². The lowest BCUT2D eigenvalue weighted by Gasteiger charge is -2.17. The number of phenolic OH excluding ortho intramolecular Hbond substituents is 1. The Kier molecular flexibility index (Phi) is 5.45. The lowest BCUT2D eigenvalue weighted by Crippen LogP contribution is -2.23. The van der Waals surface area contributed by atoms with Crippen molar-refractivity contribution in [3.05, 3.63) is 89.4 Å². The van der Waals surface area contributed by atoms with Crippen molar-refractivity contribution in [1.29, 1.82) is 0 Å². The molecule has 1 N–H and O–H groups in total. The van der Waals surface area contributed by atoms with Crippen LogP contribution in [0.15, 0.2) is 66.9 Å². The van der Waals surface area contributed by atoms with Gasteiger partial charge in [-0.2, -0.15) is 0 Å². The van der Waals surface area contributed by atoms with Crippen LogP contribution in [0.5, 0.6) is 11.5 Å². The molecule has 0 fully saturated rings. The maximum absolute atomic E-state index is 13.4. The standard InChI is InChI=1S/C27H21FN2O4/c1-2-22(31)34-21-8-4-3-6-18(21)23-19-7-5-13-29-25(19)26(32)24-20(23)15-30(27(24)33)14-16-9-11-17(28)12-10-16/h3-13,32H,2,14-15H2,1H3. The fraction of sp³-hybridized carbons (Fsp3) is 0.148. The van der Waals surface area contributed by atoms with Crippen LogP contribution < -0.4 is 4.74 Å². The number of phenols is 1. The summed E-state index contributed by atoms with van der Waals surface area (Å²) in [6.45, 7) is 2.20. The van der Waals surface area contributed by atoms with Gasteiger partial charge in [0.2, 0.25) is 0 Å². The minimum atomic E-state index is -0.376. The first-order valence-electron chi connectivity index (χ1n) is 10.9. The van der Waals surface area contributed by atoms with E-state index in [1.54, 1.807) is 48.4 Å². The second kappa shape index (κ2) is 8.59. The number of nitrogens with zero attached hydrogens (tertiary/aromatic N) is 2. The zero-order chi connectivity index (χ0) is 23.8. The molecular weight excluding hydrogens is 435 g/mol. The number of esters is 1. The lowest BCUT2D eigenvalue weighted by molar-refractivity contribution is -0.133. The van der Waals surface area contributed by atoms with Crippen LogP contribution >= 0.6 is 0 Å². The van der Waals surface area contributed by atoms with Crippen molar-refractivity contribution in [1.82, 2.24) is 9.88 Å². The van der Waals surface area contributed by atoms with Gasteiger partial charge in [-0.05, 0) is 35.4 Å². The fourth-order valence-electron chi connectivity index (χ4n) is 4.36. The number of pyridine rings is 1. The van der Waals surface area contributed by atoms with Crippen LogP contribution in [0, 0.1) is 5.82 Å². The van der Waals surface area contributed by atoms with E-state index in [9.17, 15) is 19.1 Å². The summed E-state index contributed by atoms with van der Waals surface area (Å²) < 4.78 is 18.9. The summed E-state index contributed by atoms with van der Waals surface area (Å²) in [6.07, 6.45) is 1.77. The third-order valence-corrected chi connectivity index (χ3v) is 5.95. The van der Waals surface area contributed by atoms with Crippen molar-refractivity contribution >= 4 is 22.8 Å². The van der Waals surface area contributed by atoms with Gasteiger partial charge in [-0.1, -0.05) is 43.3 Å². The summed E-state index contributed by atoms with van der Waals surface area (Å²) >= 11 is 0. The Hall–Kier alpha value is -4.26. The normalized spacial score (nSPS) is 12.8. The molecule has 4 aromatic rings. The molecule has 5 rings (SSSR count). The molecule has 0 atom stereocenters. The number of carbonyl (C=O) groups is 2. The average molecular weight is 456 g/mol. The van der Waals surface area contributed by atoms with Crippen molar-refractivity contribution < 1.29 is 23.8 Å². The van der Waals surface area contributed by atoms with Crippen molar-refractivity contribution in [2.75, 3.05) is 0 Å². The van der Waals surface area contributed by atoms with E-state index in [1.807, 2.05) is 18.2 Å². The third-order valence-electron chi connectivity index (χ3n) is 5.95. The monoisotopic (exact) mass is 456 g/mol. The number of benzene rings is 3. The Morgan fingerprint density at radius 1 is 1.09 bits per heavy atom. The second-order valence-electron chi connectivity index (χ2n) is 8.09. The Morgan fingerprint density at radius 2 is 1.85 bits per heavy atom. The van der Waals surface area contributed by atoms with E-state index < -0.39 is 0 Å². The van der Waals surface area contributed by atoms with E-state index in [0.29, 0.717) is 33.3 Å². The molecule has 1 amide bonds. The molecule has 6 nitrogen and oxygen atoms in total. The molecule has 1 aromatic heterocycles. The van der Waals surface area contributed by atoms with Crippen molar-refractivity contribution in [2.24, 2.45) is 0 Å². The van der Waals surface area contributed by atoms with Gasteiger partial charge in [0.05, 0.1) is 5.56 Å². The quantitative estimate of drug-likeness (QED) is 0.329. The highest BCUT2D eigenvalue weighted by molar-refractivity contribution is 6.12. The number of hydrogen-bond acceptors (Lipinski definition) is 5. The predicted octanol–water partition coefficient (Wildman–Crippen LogP) is 5.22. The average Bonchev–Trinajstić information content (AvgIpc) is 3.17. The van der Waals surface area contributed by atoms with E-state index in [-0.39, 0.29) is 48.5 Å². The summed E-state index contributed by atoms with van der Waals surface area (Å²) in [6, 6.07) is 16.7. The predicted molar refractivity (Wildman–Crippen MR) is 125 cm³/mol. The molecule has 0 radical (unpaired) electrons. The van der Waals surface area contributed by atoms with Crippen LogP contribution in [-0.2, 0) is 17.9 Å². The highest BCUT2D eigenvalue weighted by Gasteiger charge is 2.35. The van der Waals surface area contributed by atoms with Crippen molar-refractivity contribution in [3.63, 3.8) is 0 Å². The molecule has 0 saturated heterocycles. The molecule has 34 heavy (non-hydrogen) atoms. The largest absolute Gasteiger partial charge is 0.505 e. The number of aromatic nitrogens is 1. The summed E-state index contributed by atoms with van der Waals surface area (Å²) in [5.41, 5.74) is 3.19. The van der Waals surface area contributed by atoms with Gasteiger partial charge in [0.1, 0.15) is 17.1 Å². The topological polar surface area (TPSA) is 79.7 Å². The van der Waals surface area contributed by atoms with Crippen LogP contribution in [0.1, 0.15) is 34.8 Å². The number of carbonyl (C=O) groups excluding carboxylic acids is 2. The van der Waals surface area contributed by atoms with Gasteiger partial charge in [-0.25, -0.2) is 4.39 Å². The van der Waals surface area contributed by atoms with Crippen LogP contribution in [0.2, 0.25) is 0 Å². The molecule has 2 heterocycles. The first-order chi connectivity index (χ1) is 16.5. The number of fused-ring (bicyclic) bond motifs is 2. The molecule has 0 spiro atoms. The smallest absolute Gasteiger partial charge is 0.310 e. The summed E-state index contributed by atoms with van der Waals surface area (Å²) in [5, 5.41) is 11.7. The van der Waals surface area contributed by atoms with Crippen LogP contribution in [0.25, 0.3) is 22.0 Å². The van der Waals surface area contributed by atoms with E-state index in [0.717, 1.165) is 5.56 Å². The maximum Gasteiger partial charge on any atom is 0.310 e. The van der Waals surface area contributed by atoms with Gasteiger partial charge in [0.15, 0.2) is 5.75 Å². The van der Waals surface area contributed by atoms with Gasteiger partial charge in [0.25, 0.3) is 5.91 Å². The highest BCUT2D eigenvalue weighted by atomic mass is 19.1. The number of amides is 1. The molecule has 0 aliphatic carbocycles. The van der Waals surface area contributed by atoms with E-state index in [4.69, 9.17) is 4.74 Å².